The predicted octanol–water partition coefficient (Wildman–Crippen LogP) is 7.22. The van der Waals surface area contributed by atoms with Crippen molar-refractivity contribution in [3.63, 3.8) is 0 Å². The van der Waals surface area contributed by atoms with Crippen molar-refractivity contribution in [3.05, 3.63) is 41.5 Å². The SMILES string of the molecule is CCC/C=C/C1CCC2CC(c3cc(F)c(OC(F)F)c(F)c3)CCC2C1. The average Bonchev–Trinajstić information content (AvgIpc) is 2.64. The van der Waals surface area contributed by atoms with E-state index in [0.717, 1.165) is 32.1 Å². The maximum atomic E-state index is 14.1. The van der Waals surface area contributed by atoms with Crippen molar-refractivity contribution in [1.29, 1.82) is 0 Å². The van der Waals surface area contributed by atoms with Crippen molar-refractivity contribution in [2.75, 3.05) is 0 Å². The number of ether oxygens (including phenoxy) is 1. The van der Waals surface area contributed by atoms with Crippen LogP contribution >= 0.6 is 0 Å². The second kappa shape index (κ2) is 9.11. The number of benzene rings is 1. The van der Waals surface area contributed by atoms with Gasteiger partial charge in [0.25, 0.3) is 0 Å². The third-order valence-corrected chi connectivity index (χ3v) is 6.22. The number of allylic oxidation sites excluding steroid dienone is 2. The Morgan fingerprint density at radius 3 is 2.37 bits per heavy atom. The van der Waals surface area contributed by atoms with Gasteiger partial charge in [-0.3, -0.25) is 0 Å². The molecule has 0 aromatic heterocycles. The van der Waals surface area contributed by atoms with Gasteiger partial charge >= 0.3 is 6.61 Å². The fourth-order valence-corrected chi connectivity index (χ4v) is 4.88. The van der Waals surface area contributed by atoms with Crippen LogP contribution in [-0.2, 0) is 0 Å². The summed E-state index contributed by atoms with van der Waals surface area (Å²) in [6.45, 7) is -1.06. The molecule has 5 heteroatoms. The average molecular weight is 384 g/mol. The summed E-state index contributed by atoms with van der Waals surface area (Å²) in [6, 6.07) is 2.34. The lowest BCUT2D eigenvalue weighted by Crippen LogP contribution is -2.30. The normalized spacial score (nSPS) is 28.5. The lowest BCUT2D eigenvalue weighted by atomic mass is 9.64. The third-order valence-electron chi connectivity index (χ3n) is 6.22. The molecule has 4 atom stereocenters. The monoisotopic (exact) mass is 384 g/mol. The molecule has 4 unspecified atom stereocenters. The molecule has 2 aliphatic carbocycles. The van der Waals surface area contributed by atoms with E-state index in [-0.39, 0.29) is 5.92 Å². The number of alkyl halides is 2. The summed E-state index contributed by atoms with van der Waals surface area (Å²) < 4.78 is 56.7. The van der Waals surface area contributed by atoms with E-state index < -0.39 is 24.0 Å². The number of hydrogen-bond donors (Lipinski definition) is 0. The number of fused-ring (bicyclic) bond motifs is 1. The van der Waals surface area contributed by atoms with E-state index in [1.807, 2.05) is 0 Å². The minimum Gasteiger partial charge on any atom is -0.429 e. The van der Waals surface area contributed by atoms with Gasteiger partial charge < -0.3 is 4.74 Å². The van der Waals surface area contributed by atoms with E-state index in [9.17, 15) is 17.6 Å². The molecule has 0 amide bonds. The van der Waals surface area contributed by atoms with E-state index in [4.69, 9.17) is 0 Å². The van der Waals surface area contributed by atoms with Crippen LogP contribution in [0.15, 0.2) is 24.3 Å². The molecule has 1 aromatic carbocycles. The highest BCUT2D eigenvalue weighted by atomic mass is 19.3. The maximum Gasteiger partial charge on any atom is 0.387 e. The second-order valence-electron chi connectivity index (χ2n) is 8.01. The number of rotatable bonds is 6. The van der Waals surface area contributed by atoms with E-state index in [0.29, 0.717) is 23.3 Å². The van der Waals surface area contributed by atoms with Gasteiger partial charge in [0.2, 0.25) is 0 Å². The van der Waals surface area contributed by atoms with Crippen LogP contribution in [0.3, 0.4) is 0 Å². The molecule has 2 fully saturated rings. The molecule has 3 rings (SSSR count). The van der Waals surface area contributed by atoms with Gasteiger partial charge in [0.15, 0.2) is 17.4 Å². The van der Waals surface area contributed by atoms with Gasteiger partial charge in [-0.15, -0.1) is 0 Å². The predicted molar refractivity (Wildman–Crippen MR) is 98.0 cm³/mol. The minimum absolute atomic E-state index is 0.0861. The Balaban J connectivity index is 1.63. The Kier molecular flexibility index (Phi) is 6.83. The molecule has 150 valence electrons. The van der Waals surface area contributed by atoms with Crippen molar-refractivity contribution in [1.82, 2.24) is 0 Å². The zero-order valence-electron chi connectivity index (χ0n) is 15.8. The van der Waals surface area contributed by atoms with E-state index in [2.05, 4.69) is 23.8 Å². The summed E-state index contributed by atoms with van der Waals surface area (Å²) in [7, 11) is 0. The van der Waals surface area contributed by atoms with Crippen molar-refractivity contribution in [2.45, 2.75) is 70.8 Å². The molecule has 1 aromatic rings. The number of hydrogen-bond acceptors (Lipinski definition) is 1. The molecule has 1 nitrogen and oxygen atoms in total. The van der Waals surface area contributed by atoms with Crippen LogP contribution in [0.4, 0.5) is 17.6 Å². The van der Waals surface area contributed by atoms with Crippen LogP contribution in [0.5, 0.6) is 5.75 Å². The highest BCUT2D eigenvalue weighted by Gasteiger charge is 2.35. The zero-order valence-corrected chi connectivity index (χ0v) is 15.8. The van der Waals surface area contributed by atoms with Gasteiger partial charge in [-0.1, -0.05) is 25.5 Å². The van der Waals surface area contributed by atoms with Crippen LogP contribution in [-0.4, -0.2) is 6.61 Å². The van der Waals surface area contributed by atoms with Gasteiger partial charge in [0, 0.05) is 0 Å². The van der Waals surface area contributed by atoms with Gasteiger partial charge in [-0.2, -0.15) is 8.78 Å². The Bertz CT molecular complexity index is 635. The second-order valence-corrected chi connectivity index (χ2v) is 8.01. The van der Waals surface area contributed by atoms with Crippen LogP contribution in [0.1, 0.15) is 69.8 Å². The molecule has 0 aliphatic heterocycles. The molecule has 0 saturated heterocycles. The lowest BCUT2D eigenvalue weighted by molar-refractivity contribution is -0.0546. The lowest BCUT2D eigenvalue weighted by Gasteiger charge is -2.42. The highest BCUT2D eigenvalue weighted by molar-refractivity contribution is 5.33. The molecule has 0 N–H and O–H groups in total. The zero-order chi connectivity index (χ0) is 19.4. The summed E-state index contributed by atoms with van der Waals surface area (Å²) in [4.78, 5) is 0. The maximum absolute atomic E-state index is 14.1. The number of unbranched alkanes of at least 4 members (excludes halogenated alkanes) is 1. The van der Waals surface area contributed by atoms with Gasteiger partial charge in [-0.05, 0) is 86.3 Å². The first-order valence-electron chi connectivity index (χ1n) is 10.1. The van der Waals surface area contributed by atoms with Crippen LogP contribution in [0, 0.1) is 29.4 Å². The smallest absolute Gasteiger partial charge is 0.387 e. The number of halogens is 4. The first kappa shape index (κ1) is 20.2. The first-order valence-corrected chi connectivity index (χ1v) is 10.1. The van der Waals surface area contributed by atoms with Crippen molar-refractivity contribution in [2.24, 2.45) is 17.8 Å². The minimum atomic E-state index is -3.24. The summed E-state index contributed by atoms with van der Waals surface area (Å²) in [5.74, 6) is -1.06. The van der Waals surface area contributed by atoms with Gasteiger partial charge in [0.1, 0.15) is 0 Å². The largest absolute Gasteiger partial charge is 0.429 e. The quantitative estimate of drug-likeness (QED) is 0.371. The molecular weight excluding hydrogens is 356 g/mol. The van der Waals surface area contributed by atoms with Gasteiger partial charge in [0.05, 0.1) is 0 Å². The van der Waals surface area contributed by atoms with Crippen LogP contribution in [0.2, 0.25) is 0 Å². The van der Waals surface area contributed by atoms with E-state index >= 15 is 0 Å². The van der Waals surface area contributed by atoms with Crippen molar-refractivity contribution in [3.8, 4) is 5.75 Å². The fraction of sp³-hybridized carbons (Fsp3) is 0.636. The third kappa shape index (κ3) is 5.05. The first-order chi connectivity index (χ1) is 13.0. The topological polar surface area (TPSA) is 9.23 Å². The Labute approximate surface area is 158 Å². The fourth-order valence-electron chi connectivity index (χ4n) is 4.88. The standard InChI is InChI=1S/C22H28F4O/c1-2-3-4-5-14-6-7-16-11-17(9-8-15(16)10-14)18-12-19(23)21(20(24)13-18)27-22(25)26/h4-5,12-17,22H,2-3,6-11H2,1H3/b5-4+. The molecule has 0 heterocycles. The Hall–Kier alpha value is -1.52. The molecular formula is C22H28F4O. The van der Waals surface area contributed by atoms with Gasteiger partial charge in [-0.25, -0.2) is 8.78 Å². The molecule has 0 radical (unpaired) electrons. The summed E-state index contributed by atoms with van der Waals surface area (Å²) >= 11 is 0. The van der Waals surface area contributed by atoms with E-state index in [1.165, 1.54) is 31.4 Å². The molecule has 2 saturated carbocycles. The molecule has 27 heavy (non-hydrogen) atoms. The van der Waals surface area contributed by atoms with Crippen molar-refractivity contribution >= 4 is 0 Å². The molecule has 2 aliphatic rings. The highest BCUT2D eigenvalue weighted by Crippen LogP contribution is 2.48. The molecule has 0 bridgehead atoms. The summed E-state index contributed by atoms with van der Waals surface area (Å²) in [5.41, 5.74) is 0.565. The van der Waals surface area contributed by atoms with Crippen LogP contribution < -0.4 is 4.74 Å². The summed E-state index contributed by atoms with van der Waals surface area (Å²) in [6.07, 6.45) is 13.4. The van der Waals surface area contributed by atoms with E-state index in [1.54, 1.807) is 0 Å². The molecule has 0 spiro atoms. The Morgan fingerprint density at radius 2 is 1.70 bits per heavy atom. The van der Waals surface area contributed by atoms with Crippen molar-refractivity contribution < 1.29 is 22.3 Å². The summed E-state index contributed by atoms with van der Waals surface area (Å²) in [5, 5.41) is 0. The van der Waals surface area contributed by atoms with Crippen LogP contribution in [0.25, 0.3) is 0 Å². The Morgan fingerprint density at radius 1 is 1.04 bits per heavy atom.